The lowest BCUT2D eigenvalue weighted by Crippen LogP contribution is -2.37. The summed E-state index contributed by atoms with van der Waals surface area (Å²) in [4.78, 5) is 2.17. The van der Waals surface area contributed by atoms with Gasteiger partial charge in [-0.1, -0.05) is 0 Å². The van der Waals surface area contributed by atoms with Crippen LogP contribution in [0.3, 0.4) is 0 Å². The van der Waals surface area contributed by atoms with Crippen molar-refractivity contribution in [2.24, 2.45) is 17.6 Å². The largest absolute Gasteiger partial charge is 0.330 e. The summed E-state index contributed by atoms with van der Waals surface area (Å²) in [5.74, 6) is -2.57. The van der Waals surface area contributed by atoms with Crippen molar-refractivity contribution in [1.29, 1.82) is 0 Å². The molecule has 2 N–H and O–H groups in total. The van der Waals surface area contributed by atoms with Gasteiger partial charge in [-0.3, -0.25) is 0 Å². The Morgan fingerprint density at radius 3 is 2.80 bits per heavy atom. The van der Waals surface area contributed by atoms with Crippen LogP contribution in [0, 0.1) is 11.8 Å². The molecule has 1 aliphatic carbocycles. The monoisotopic (exact) mass is 218 g/mol. The van der Waals surface area contributed by atoms with Crippen molar-refractivity contribution >= 4 is 0 Å². The molecule has 0 amide bonds. The standard InChI is InChI=1S/C11H20F2N2/c12-11(13)4-1-3-9-7-15(6-2-5-14)8-10(9)11/h9-10H,1-8,14H2/t9-,10+/m1/s1. The smallest absolute Gasteiger partial charge is 0.252 e. The van der Waals surface area contributed by atoms with Crippen LogP contribution < -0.4 is 5.73 Å². The summed E-state index contributed by atoms with van der Waals surface area (Å²) in [5, 5.41) is 0. The van der Waals surface area contributed by atoms with Crippen LogP contribution in [0.5, 0.6) is 0 Å². The Labute approximate surface area is 89.8 Å². The van der Waals surface area contributed by atoms with E-state index in [0.717, 1.165) is 25.9 Å². The number of halogens is 2. The number of fused-ring (bicyclic) bond motifs is 1. The quantitative estimate of drug-likeness (QED) is 0.781. The zero-order valence-electron chi connectivity index (χ0n) is 9.09. The van der Waals surface area contributed by atoms with Crippen LogP contribution in [0.1, 0.15) is 25.7 Å². The highest BCUT2D eigenvalue weighted by Crippen LogP contribution is 2.45. The summed E-state index contributed by atoms with van der Waals surface area (Å²) in [6, 6.07) is 0. The fourth-order valence-corrected chi connectivity index (χ4v) is 3.01. The van der Waals surface area contributed by atoms with Gasteiger partial charge in [0.25, 0.3) is 5.92 Å². The maximum atomic E-state index is 13.6. The molecule has 0 aromatic carbocycles. The van der Waals surface area contributed by atoms with E-state index >= 15 is 0 Å². The molecule has 0 unspecified atom stereocenters. The van der Waals surface area contributed by atoms with Crippen LogP contribution in [-0.2, 0) is 0 Å². The average Bonchev–Trinajstić information content (AvgIpc) is 2.59. The second kappa shape index (κ2) is 4.34. The van der Waals surface area contributed by atoms with Gasteiger partial charge in [-0.25, -0.2) is 8.78 Å². The molecule has 2 fully saturated rings. The summed E-state index contributed by atoms with van der Waals surface area (Å²) in [6.45, 7) is 2.99. The Hall–Kier alpha value is -0.220. The summed E-state index contributed by atoms with van der Waals surface area (Å²) < 4.78 is 27.2. The molecule has 0 bridgehead atoms. The number of hydrogen-bond acceptors (Lipinski definition) is 2. The molecule has 1 aliphatic heterocycles. The number of rotatable bonds is 3. The highest BCUT2D eigenvalue weighted by atomic mass is 19.3. The van der Waals surface area contributed by atoms with E-state index in [2.05, 4.69) is 4.90 Å². The number of nitrogens with two attached hydrogens (primary N) is 1. The number of nitrogens with zero attached hydrogens (tertiary/aromatic N) is 1. The molecule has 4 heteroatoms. The third-order valence-electron chi connectivity index (χ3n) is 3.82. The molecule has 2 rings (SSSR count). The molecule has 1 heterocycles. The van der Waals surface area contributed by atoms with Gasteiger partial charge >= 0.3 is 0 Å². The van der Waals surface area contributed by atoms with Crippen molar-refractivity contribution in [3.8, 4) is 0 Å². The highest BCUT2D eigenvalue weighted by Gasteiger charge is 2.50. The predicted octanol–water partition coefficient (Wildman–Crippen LogP) is 1.70. The molecule has 0 spiro atoms. The van der Waals surface area contributed by atoms with Gasteiger partial charge in [0, 0.05) is 25.4 Å². The average molecular weight is 218 g/mol. The Morgan fingerprint density at radius 1 is 1.33 bits per heavy atom. The van der Waals surface area contributed by atoms with Crippen molar-refractivity contribution in [3.05, 3.63) is 0 Å². The van der Waals surface area contributed by atoms with E-state index in [9.17, 15) is 8.78 Å². The lowest BCUT2D eigenvalue weighted by Gasteiger charge is -2.32. The van der Waals surface area contributed by atoms with Crippen LogP contribution in [0.15, 0.2) is 0 Å². The lowest BCUT2D eigenvalue weighted by molar-refractivity contribution is -0.0945. The summed E-state index contributed by atoms with van der Waals surface area (Å²) in [5.41, 5.74) is 5.43. The first-order valence-corrected chi connectivity index (χ1v) is 5.94. The summed E-state index contributed by atoms with van der Waals surface area (Å²) >= 11 is 0. The zero-order chi connectivity index (χ0) is 10.9. The minimum absolute atomic E-state index is 0.0961. The van der Waals surface area contributed by atoms with Gasteiger partial charge in [0.05, 0.1) is 0 Å². The molecular formula is C11H20F2N2. The van der Waals surface area contributed by atoms with Crippen molar-refractivity contribution in [1.82, 2.24) is 4.90 Å². The SMILES string of the molecule is NCCCN1C[C@H]2CCCC(F)(F)[C@H]2C1. The van der Waals surface area contributed by atoms with E-state index in [4.69, 9.17) is 5.73 Å². The minimum Gasteiger partial charge on any atom is -0.330 e. The zero-order valence-corrected chi connectivity index (χ0v) is 9.09. The third kappa shape index (κ3) is 2.31. The lowest BCUT2D eigenvalue weighted by atomic mass is 9.79. The van der Waals surface area contributed by atoms with Gasteiger partial charge < -0.3 is 10.6 Å². The topological polar surface area (TPSA) is 29.3 Å². The molecule has 0 aromatic heterocycles. The van der Waals surface area contributed by atoms with E-state index in [1.54, 1.807) is 0 Å². The molecular weight excluding hydrogens is 198 g/mol. The Kier molecular flexibility index (Phi) is 3.26. The van der Waals surface area contributed by atoms with Gasteiger partial charge in [-0.05, 0) is 38.3 Å². The molecule has 2 atom stereocenters. The van der Waals surface area contributed by atoms with Crippen LogP contribution in [-0.4, -0.2) is 37.0 Å². The van der Waals surface area contributed by atoms with Crippen LogP contribution in [0.2, 0.25) is 0 Å². The molecule has 15 heavy (non-hydrogen) atoms. The second-order valence-electron chi connectivity index (χ2n) is 4.92. The van der Waals surface area contributed by atoms with E-state index in [0.29, 0.717) is 19.5 Å². The van der Waals surface area contributed by atoms with Gasteiger partial charge in [0.2, 0.25) is 0 Å². The Morgan fingerprint density at radius 2 is 2.13 bits per heavy atom. The van der Waals surface area contributed by atoms with Crippen LogP contribution in [0.4, 0.5) is 8.78 Å². The highest BCUT2D eigenvalue weighted by molar-refractivity contribution is 4.95. The number of likely N-dealkylation sites (tertiary alicyclic amines) is 1. The fraction of sp³-hybridized carbons (Fsp3) is 1.00. The van der Waals surface area contributed by atoms with Gasteiger partial charge in [-0.15, -0.1) is 0 Å². The van der Waals surface area contributed by atoms with Crippen molar-refractivity contribution < 1.29 is 8.78 Å². The Balaban J connectivity index is 1.93. The van der Waals surface area contributed by atoms with E-state index in [-0.39, 0.29) is 18.3 Å². The molecule has 2 aliphatic rings. The van der Waals surface area contributed by atoms with Gasteiger partial charge in [0.15, 0.2) is 0 Å². The molecule has 0 radical (unpaired) electrons. The molecule has 2 nitrogen and oxygen atoms in total. The predicted molar refractivity (Wildman–Crippen MR) is 55.9 cm³/mol. The minimum atomic E-state index is -2.42. The maximum absolute atomic E-state index is 13.6. The molecule has 88 valence electrons. The number of alkyl halides is 2. The van der Waals surface area contributed by atoms with Crippen LogP contribution in [0.25, 0.3) is 0 Å². The number of hydrogen-bond donors (Lipinski definition) is 1. The first-order valence-electron chi connectivity index (χ1n) is 5.94. The van der Waals surface area contributed by atoms with Crippen molar-refractivity contribution in [2.75, 3.05) is 26.2 Å². The van der Waals surface area contributed by atoms with Crippen molar-refractivity contribution in [2.45, 2.75) is 31.6 Å². The molecule has 1 saturated heterocycles. The third-order valence-corrected chi connectivity index (χ3v) is 3.82. The van der Waals surface area contributed by atoms with E-state index in [1.165, 1.54) is 0 Å². The van der Waals surface area contributed by atoms with E-state index in [1.807, 2.05) is 0 Å². The summed E-state index contributed by atoms with van der Waals surface area (Å²) in [6.07, 6.45) is 2.70. The van der Waals surface area contributed by atoms with Gasteiger partial charge in [0.1, 0.15) is 0 Å². The van der Waals surface area contributed by atoms with E-state index < -0.39 is 5.92 Å². The Bertz CT molecular complexity index is 221. The van der Waals surface area contributed by atoms with Crippen LogP contribution >= 0.6 is 0 Å². The fourth-order valence-electron chi connectivity index (χ4n) is 3.01. The first kappa shape index (κ1) is 11.3. The van der Waals surface area contributed by atoms with Crippen molar-refractivity contribution in [3.63, 3.8) is 0 Å². The molecule has 0 aromatic rings. The maximum Gasteiger partial charge on any atom is 0.252 e. The second-order valence-corrected chi connectivity index (χ2v) is 4.92. The van der Waals surface area contributed by atoms with Gasteiger partial charge in [-0.2, -0.15) is 0 Å². The molecule has 1 saturated carbocycles. The normalized spacial score (nSPS) is 35.4. The first-order chi connectivity index (χ1) is 7.13. The summed E-state index contributed by atoms with van der Waals surface area (Å²) in [7, 11) is 0.